The second-order valence-electron chi connectivity index (χ2n) is 8.23. The number of carbonyl (C=O) groups is 2. The summed E-state index contributed by atoms with van der Waals surface area (Å²) in [6.07, 6.45) is 0.574. The summed E-state index contributed by atoms with van der Waals surface area (Å²) < 4.78 is 21.5. The number of nitrogens with zero attached hydrogens (tertiary/aromatic N) is 1. The SMILES string of the molecule is COc1ccc(C2/C(=C(\O)c3cc(Cl)c(OC)cc3OC)C(=O)C(=O)N2CCCOC(C)C)cc1. The van der Waals surface area contributed by atoms with E-state index in [4.69, 9.17) is 30.5 Å². The molecule has 188 valence electrons. The predicted molar refractivity (Wildman–Crippen MR) is 132 cm³/mol. The van der Waals surface area contributed by atoms with Crippen LogP contribution in [0.4, 0.5) is 0 Å². The molecule has 1 aliphatic heterocycles. The topological polar surface area (TPSA) is 94.5 Å². The van der Waals surface area contributed by atoms with E-state index in [-0.39, 0.29) is 40.3 Å². The molecular weight excluding hydrogens is 474 g/mol. The molecule has 1 aliphatic rings. The summed E-state index contributed by atoms with van der Waals surface area (Å²) in [6.45, 7) is 4.55. The number of benzene rings is 2. The van der Waals surface area contributed by atoms with Gasteiger partial charge in [-0.1, -0.05) is 23.7 Å². The first-order valence-electron chi connectivity index (χ1n) is 11.2. The van der Waals surface area contributed by atoms with Crippen molar-refractivity contribution >= 4 is 29.1 Å². The van der Waals surface area contributed by atoms with Gasteiger partial charge in [-0.25, -0.2) is 0 Å². The summed E-state index contributed by atoms with van der Waals surface area (Å²) in [6, 6.07) is 9.15. The van der Waals surface area contributed by atoms with Crippen LogP contribution in [0.5, 0.6) is 17.2 Å². The first-order valence-corrected chi connectivity index (χ1v) is 11.6. The fourth-order valence-corrected chi connectivity index (χ4v) is 4.23. The minimum absolute atomic E-state index is 0.0510. The highest BCUT2D eigenvalue weighted by Crippen LogP contribution is 2.43. The maximum atomic E-state index is 13.2. The Kier molecular flexibility index (Phi) is 8.64. The van der Waals surface area contributed by atoms with E-state index in [0.29, 0.717) is 30.1 Å². The van der Waals surface area contributed by atoms with Gasteiger partial charge in [-0.2, -0.15) is 0 Å². The van der Waals surface area contributed by atoms with Gasteiger partial charge in [0, 0.05) is 19.2 Å². The van der Waals surface area contributed by atoms with E-state index in [1.165, 1.54) is 31.3 Å². The summed E-state index contributed by atoms with van der Waals surface area (Å²) in [7, 11) is 4.43. The summed E-state index contributed by atoms with van der Waals surface area (Å²) in [5.74, 6) is -0.658. The Morgan fingerprint density at radius 2 is 1.69 bits per heavy atom. The highest BCUT2D eigenvalue weighted by atomic mass is 35.5. The van der Waals surface area contributed by atoms with E-state index in [1.54, 1.807) is 31.4 Å². The number of likely N-dealkylation sites (tertiary alicyclic amines) is 1. The van der Waals surface area contributed by atoms with Crippen LogP contribution in [0.25, 0.3) is 5.76 Å². The molecule has 1 amide bonds. The van der Waals surface area contributed by atoms with E-state index in [2.05, 4.69) is 0 Å². The minimum atomic E-state index is -0.814. The monoisotopic (exact) mass is 503 g/mol. The molecule has 0 bridgehead atoms. The van der Waals surface area contributed by atoms with Crippen molar-refractivity contribution in [1.82, 2.24) is 4.90 Å². The third-order valence-corrected chi connectivity index (χ3v) is 5.99. The fraction of sp³-hybridized carbons (Fsp3) is 0.385. The van der Waals surface area contributed by atoms with Crippen molar-refractivity contribution in [1.29, 1.82) is 0 Å². The first-order chi connectivity index (χ1) is 16.7. The number of halogens is 1. The molecule has 1 N–H and O–H groups in total. The Balaban J connectivity index is 2.13. The van der Waals surface area contributed by atoms with Crippen LogP contribution in [0, 0.1) is 0 Å². The molecule has 0 spiro atoms. The normalized spacial score (nSPS) is 17.2. The highest BCUT2D eigenvalue weighted by Gasteiger charge is 2.46. The number of amides is 1. The number of aliphatic hydroxyl groups excluding tert-OH is 1. The van der Waals surface area contributed by atoms with Gasteiger partial charge in [-0.3, -0.25) is 9.59 Å². The van der Waals surface area contributed by atoms with Crippen molar-refractivity contribution in [3.05, 3.63) is 58.1 Å². The molecule has 1 fully saturated rings. The average molecular weight is 504 g/mol. The van der Waals surface area contributed by atoms with Crippen LogP contribution in [0.15, 0.2) is 42.0 Å². The third kappa shape index (κ3) is 5.55. The number of Topliss-reactive ketones (excluding diaryl/α,β-unsaturated/α-hetero) is 1. The van der Waals surface area contributed by atoms with Gasteiger partial charge < -0.3 is 29.0 Å². The van der Waals surface area contributed by atoms with Gasteiger partial charge in [0.15, 0.2) is 0 Å². The van der Waals surface area contributed by atoms with Crippen molar-refractivity contribution in [2.75, 3.05) is 34.5 Å². The van der Waals surface area contributed by atoms with Gasteiger partial charge in [-0.05, 0) is 44.0 Å². The Labute approximate surface area is 210 Å². The zero-order valence-electron chi connectivity index (χ0n) is 20.5. The molecule has 0 radical (unpaired) electrons. The van der Waals surface area contributed by atoms with Gasteiger partial charge in [0.25, 0.3) is 11.7 Å². The molecule has 3 rings (SSSR count). The van der Waals surface area contributed by atoms with E-state index in [9.17, 15) is 14.7 Å². The molecule has 1 saturated heterocycles. The number of hydrogen-bond acceptors (Lipinski definition) is 7. The van der Waals surface area contributed by atoms with Crippen molar-refractivity contribution < 1.29 is 33.6 Å². The van der Waals surface area contributed by atoms with Crippen molar-refractivity contribution in [3.63, 3.8) is 0 Å². The van der Waals surface area contributed by atoms with E-state index >= 15 is 0 Å². The molecule has 8 nitrogen and oxygen atoms in total. The second kappa shape index (κ2) is 11.5. The van der Waals surface area contributed by atoms with E-state index < -0.39 is 17.7 Å². The number of ether oxygens (including phenoxy) is 4. The van der Waals surface area contributed by atoms with Gasteiger partial charge in [0.1, 0.15) is 23.0 Å². The quantitative estimate of drug-likeness (QED) is 0.219. The van der Waals surface area contributed by atoms with Crippen LogP contribution in [0.2, 0.25) is 5.02 Å². The highest BCUT2D eigenvalue weighted by molar-refractivity contribution is 6.46. The second-order valence-corrected chi connectivity index (χ2v) is 8.63. The lowest BCUT2D eigenvalue weighted by atomic mass is 9.94. The molecule has 0 aromatic heterocycles. The summed E-state index contributed by atoms with van der Waals surface area (Å²) in [4.78, 5) is 27.8. The molecular formula is C26H30ClNO7. The van der Waals surface area contributed by atoms with Crippen LogP contribution in [0.1, 0.15) is 37.4 Å². The third-order valence-electron chi connectivity index (χ3n) is 5.70. The molecule has 9 heteroatoms. The van der Waals surface area contributed by atoms with Crippen LogP contribution in [0.3, 0.4) is 0 Å². The zero-order valence-corrected chi connectivity index (χ0v) is 21.2. The first kappa shape index (κ1) is 26.4. The molecule has 35 heavy (non-hydrogen) atoms. The maximum Gasteiger partial charge on any atom is 0.295 e. The van der Waals surface area contributed by atoms with Crippen LogP contribution < -0.4 is 14.2 Å². The largest absolute Gasteiger partial charge is 0.507 e. The average Bonchev–Trinajstić information content (AvgIpc) is 3.10. The molecule has 1 atom stereocenters. The van der Waals surface area contributed by atoms with Crippen molar-refractivity contribution in [2.24, 2.45) is 0 Å². The number of rotatable bonds is 10. The molecule has 0 saturated carbocycles. The van der Waals surface area contributed by atoms with E-state index in [0.717, 1.165) is 0 Å². The Morgan fingerprint density at radius 3 is 2.26 bits per heavy atom. The standard InChI is InChI=1S/C26H30ClNO7/c1-15(2)35-12-6-11-28-23(16-7-9-17(32-3)10-8-16)22(25(30)26(28)31)24(29)18-13-19(27)21(34-5)14-20(18)33-4/h7-10,13-15,23,29H,6,11-12H2,1-5H3/b24-22+. The number of ketones is 1. The molecule has 1 heterocycles. The number of hydrogen-bond donors (Lipinski definition) is 1. The van der Waals surface area contributed by atoms with Gasteiger partial charge in [0.2, 0.25) is 0 Å². The number of aliphatic hydroxyl groups is 1. The van der Waals surface area contributed by atoms with Gasteiger partial charge in [0.05, 0.1) is 49.6 Å². The van der Waals surface area contributed by atoms with Crippen molar-refractivity contribution in [3.8, 4) is 17.2 Å². The van der Waals surface area contributed by atoms with E-state index in [1.807, 2.05) is 13.8 Å². The number of carbonyl (C=O) groups excluding carboxylic acids is 2. The molecule has 0 aliphatic carbocycles. The number of methoxy groups -OCH3 is 3. The van der Waals surface area contributed by atoms with Crippen molar-refractivity contribution in [2.45, 2.75) is 32.4 Å². The molecule has 2 aromatic rings. The summed E-state index contributed by atoms with van der Waals surface area (Å²) >= 11 is 6.30. The lowest BCUT2D eigenvalue weighted by Crippen LogP contribution is -2.31. The van der Waals surface area contributed by atoms with Crippen LogP contribution >= 0.6 is 11.6 Å². The minimum Gasteiger partial charge on any atom is -0.507 e. The fourth-order valence-electron chi connectivity index (χ4n) is 3.99. The molecule has 2 aromatic carbocycles. The van der Waals surface area contributed by atoms with Gasteiger partial charge in [-0.15, -0.1) is 0 Å². The van der Waals surface area contributed by atoms with Crippen LogP contribution in [-0.4, -0.2) is 62.3 Å². The zero-order chi connectivity index (χ0) is 25.7. The summed E-state index contributed by atoms with van der Waals surface area (Å²) in [5.41, 5.74) is 0.775. The lowest BCUT2D eigenvalue weighted by Gasteiger charge is -2.26. The lowest BCUT2D eigenvalue weighted by molar-refractivity contribution is -0.140. The Hall–Kier alpha value is -3.23. The predicted octanol–water partition coefficient (Wildman–Crippen LogP) is 4.60. The van der Waals surface area contributed by atoms with Crippen LogP contribution in [-0.2, 0) is 14.3 Å². The van der Waals surface area contributed by atoms with Gasteiger partial charge >= 0.3 is 0 Å². The summed E-state index contributed by atoms with van der Waals surface area (Å²) in [5, 5.41) is 11.6. The maximum absolute atomic E-state index is 13.2. The Bertz CT molecular complexity index is 1110. The smallest absolute Gasteiger partial charge is 0.295 e. The molecule has 1 unspecified atom stereocenters. The Morgan fingerprint density at radius 1 is 1.03 bits per heavy atom.